The number of hydrogen-bond donors (Lipinski definition) is 1. The van der Waals surface area contributed by atoms with E-state index in [2.05, 4.69) is 33.9 Å². The van der Waals surface area contributed by atoms with E-state index in [4.69, 9.17) is 9.47 Å². The number of benzene rings is 1. The Morgan fingerprint density at radius 1 is 1.10 bits per heavy atom. The van der Waals surface area contributed by atoms with Crippen molar-refractivity contribution in [2.45, 2.75) is 72.5 Å². The summed E-state index contributed by atoms with van der Waals surface area (Å²) in [4.78, 5) is 19.4. The number of aliphatic carboxylic acids is 1. The van der Waals surface area contributed by atoms with E-state index in [9.17, 15) is 14.3 Å². The Bertz CT molecular complexity index is 1310. The number of ether oxygens (including phenoxy) is 2. The molecule has 214 valence electrons. The fourth-order valence-corrected chi connectivity index (χ4v) is 4.84. The van der Waals surface area contributed by atoms with Gasteiger partial charge < -0.3 is 19.5 Å². The predicted molar refractivity (Wildman–Crippen MR) is 152 cm³/mol. The maximum Gasteiger partial charge on any atom is 0.337 e. The van der Waals surface area contributed by atoms with Crippen LogP contribution >= 0.6 is 0 Å². The highest BCUT2D eigenvalue weighted by Gasteiger charge is 2.36. The van der Waals surface area contributed by atoms with Crippen LogP contribution in [-0.2, 0) is 16.0 Å². The van der Waals surface area contributed by atoms with Gasteiger partial charge in [0.2, 0.25) is 5.88 Å². The van der Waals surface area contributed by atoms with Crippen molar-refractivity contribution in [1.29, 1.82) is 0 Å². The zero-order valence-corrected chi connectivity index (χ0v) is 24.2. The van der Waals surface area contributed by atoms with E-state index in [1.165, 1.54) is 12.1 Å². The van der Waals surface area contributed by atoms with Crippen LogP contribution in [0, 0.1) is 18.2 Å². The lowest BCUT2D eigenvalue weighted by molar-refractivity contribution is -0.160. The lowest BCUT2D eigenvalue weighted by Crippen LogP contribution is -2.39. The number of carboxylic acids is 1. The Hall–Kier alpha value is -3.59. The van der Waals surface area contributed by atoms with E-state index in [1.54, 1.807) is 24.4 Å². The molecular weight excluding hydrogens is 511 g/mol. The molecule has 4 rings (SSSR count). The van der Waals surface area contributed by atoms with Gasteiger partial charge in [-0.15, -0.1) is 10.2 Å². The monoisotopic (exact) mass is 550 g/mol. The van der Waals surface area contributed by atoms with Crippen molar-refractivity contribution in [3.05, 3.63) is 65.2 Å². The number of pyridine rings is 1. The maximum absolute atomic E-state index is 13.1. The van der Waals surface area contributed by atoms with Gasteiger partial charge in [0.05, 0.1) is 23.6 Å². The average molecular weight is 551 g/mol. The maximum atomic E-state index is 13.1. The quantitative estimate of drug-likeness (QED) is 0.338. The lowest BCUT2D eigenvalue weighted by Gasteiger charge is -2.40. The molecule has 1 aromatic carbocycles. The van der Waals surface area contributed by atoms with Crippen LogP contribution in [0.25, 0.3) is 11.3 Å². The van der Waals surface area contributed by atoms with Gasteiger partial charge in [-0.1, -0.05) is 26.0 Å². The Kier molecular flexibility index (Phi) is 8.73. The third-order valence-corrected chi connectivity index (χ3v) is 7.15. The summed E-state index contributed by atoms with van der Waals surface area (Å²) in [5.74, 6) is -0.967. The summed E-state index contributed by atoms with van der Waals surface area (Å²) in [6.45, 7) is 13.8. The van der Waals surface area contributed by atoms with Gasteiger partial charge in [0.15, 0.2) is 6.10 Å². The summed E-state index contributed by atoms with van der Waals surface area (Å²) in [5, 5.41) is 19.0. The molecule has 1 fully saturated rings. The Morgan fingerprint density at radius 2 is 1.77 bits per heavy atom. The molecule has 0 radical (unpaired) electrons. The standard InChI is InChI=1S/C31H39FN4O4/c1-20-26(28(29(37)38)40-30(2,3)4)27(36-16-14-31(5,6)15-17-36)23(19-33-20)24-11-12-25(35-34-24)39-18-13-21-7-9-22(32)10-8-21/h7-12,19,28H,13-18H2,1-6H3,(H,37,38). The van der Waals surface area contributed by atoms with E-state index < -0.39 is 17.7 Å². The van der Waals surface area contributed by atoms with Gasteiger partial charge in [-0.25, -0.2) is 9.18 Å². The molecular formula is C31H39FN4O4. The van der Waals surface area contributed by atoms with Crippen LogP contribution in [0.15, 0.2) is 42.6 Å². The molecule has 1 unspecified atom stereocenters. The van der Waals surface area contributed by atoms with E-state index in [-0.39, 0.29) is 11.2 Å². The van der Waals surface area contributed by atoms with Crippen LogP contribution < -0.4 is 9.64 Å². The first-order valence-electron chi connectivity index (χ1n) is 13.7. The molecule has 1 saturated heterocycles. The molecule has 9 heteroatoms. The molecule has 0 saturated carbocycles. The fourth-order valence-electron chi connectivity index (χ4n) is 4.84. The van der Waals surface area contributed by atoms with Crippen LogP contribution in [0.1, 0.15) is 70.4 Å². The SMILES string of the molecule is Cc1ncc(-c2ccc(OCCc3ccc(F)cc3)nn2)c(N2CCC(C)(C)CC2)c1C(OC(C)(C)C)C(=O)O. The van der Waals surface area contributed by atoms with E-state index >= 15 is 0 Å². The minimum Gasteiger partial charge on any atom is -0.479 e. The van der Waals surface area contributed by atoms with Crippen molar-refractivity contribution in [2.75, 3.05) is 24.6 Å². The van der Waals surface area contributed by atoms with Crippen molar-refractivity contribution in [2.24, 2.45) is 5.41 Å². The highest BCUT2D eigenvalue weighted by Crippen LogP contribution is 2.43. The Labute approximate surface area is 235 Å². The Morgan fingerprint density at radius 3 is 2.35 bits per heavy atom. The molecule has 1 atom stereocenters. The molecule has 0 amide bonds. The molecule has 1 aliphatic heterocycles. The van der Waals surface area contributed by atoms with Crippen molar-refractivity contribution in [1.82, 2.24) is 15.2 Å². The summed E-state index contributed by atoms with van der Waals surface area (Å²) < 4.78 is 25.0. The second kappa shape index (κ2) is 11.9. The molecule has 0 bridgehead atoms. The zero-order chi connectivity index (χ0) is 29.1. The van der Waals surface area contributed by atoms with Gasteiger partial charge >= 0.3 is 5.97 Å². The molecule has 1 N–H and O–H groups in total. The van der Waals surface area contributed by atoms with Crippen LogP contribution in [0.3, 0.4) is 0 Å². The minimum absolute atomic E-state index is 0.208. The lowest BCUT2D eigenvalue weighted by atomic mass is 9.82. The number of aromatic nitrogens is 3. The highest BCUT2D eigenvalue weighted by molar-refractivity contribution is 5.85. The summed E-state index contributed by atoms with van der Waals surface area (Å²) in [6.07, 6.45) is 3.09. The normalized spacial score (nSPS) is 16.0. The number of anilines is 1. The number of carbonyl (C=O) groups is 1. The van der Waals surface area contributed by atoms with Crippen molar-refractivity contribution < 1.29 is 23.8 Å². The smallest absolute Gasteiger partial charge is 0.337 e. The van der Waals surface area contributed by atoms with Crippen molar-refractivity contribution in [3.8, 4) is 17.1 Å². The topological polar surface area (TPSA) is 97.7 Å². The summed E-state index contributed by atoms with van der Waals surface area (Å²) in [7, 11) is 0. The third-order valence-electron chi connectivity index (χ3n) is 7.15. The fraction of sp³-hybridized carbons (Fsp3) is 0.484. The number of hydrogen-bond acceptors (Lipinski definition) is 7. The van der Waals surface area contributed by atoms with Crippen molar-refractivity contribution >= 4 is 11.7 Å². The second-order valence-corrected chi connectivity index (χ2v) is 12.1. The van der Waals surface area contributed by atoms with Gasteiger partial charge in [0.25, 0.3) is 0 Å². The molecule has 3 aromatic rings. The molecule has 0 spiro atoms. The summed E-state index contributed by atoms with van der Waals surface area (Å²) in [6, 6.07) is 9.87. The Balaban J connectivity index is 1.67. The van der Waals surface area contributed by atoms with Gasteiger partial charge in [0.1, 0.15) is 5.82 Å². The minimum atomic E-state index is -1.19. The summed E-state index contributed by atoms with van der Waals surface area (Å²) >= 11 is 0. The van der Waals surface area contributed by atoms with Crippen LogP contribution in [-0.4, -0.2) is 51.6 Å². The number of rotatable bonds is 9. The molecule has 40 heavy (non-hydrogen) atoms. The number of aryl methyl sites for hydroxylation is 1. The predicted octanol–water partition coefficient (Wildman–Crippen LogP) is 6.17. The largest absolute Gasteiger partial charge is 0.479 e. The highest BCUT2D eigenvalue weighted by atomic mass is 19.1. The molecule has 1 aliphatic rings. The third kappa shape index (κ3) is 7.33. The van der Waals surface area contributed by atoms with E-state index in [0.717, 1.165) is 37.2 Å². The van der Waals surface area contributed by atoms with Crippen LogP contribution in [0.2, 0.25) is 0 Å². The molecule has 3 heterocycles. The summed E-state index contributed by atoms with van der Waals surface area (Å²) in [5.41, 5.74) is 3.69. The zero-order valence-electron chi connectivity index (χ0n) is 24.2. The van der Waals surface area contributed by atoms with Crippen molar-refractivity contribution in [3.63, 3.8) is 0 Å². The first-order valence-corrected chi connectivity index (χ1v) is 13.7. The van der Waals surface area contributed by atoms with Gasteiger partial charge in [-0.05, 0) is 69.7 Å². The molecule has 8 nitrogen and oxygen atoms in total. The van der Waals surface area contributed by atoms with E-state index in [0.29, 0.717) is 41.4 Å². The van der Waals surface area contributed by atoms with Crippen LogP contribution in [0.5, 0.6) is 5.88 Å². The number of nitrogens with zero attached hydrogens (tertiary/aromatic N) is 4. The van der Waals surface area contributed by atoms with Gasteiger partial charge in [-0.2, -0.15) is 0 Å². The second-order valence-electron chi connectivity index (χ2n) is 12.1. The van der Waals surface area contributed by atoms with Gasteiger partial charge in [0, 0.05) is 48.6 Å². The van der Waals surface area contributed by atoms with Crippen LogP contribution in [0.4, 0.5) is 10.1 Å². The first kappa shape index (κ1) is 29.4. The first-order chi connectivity index (χ1) is 18.8. The number of piperidine rings is 1. The van der Waals surface area contributed by atoms with Gasteiger partial charge in [-0.3, -0.25) is 4.98 Å². The number of halogens is 1. The average Bonchev–Trinajstić information content (AvgIpc) is 2.88. The number of carboxylic acid groups (broad SMARTS) is 1. The molecule has 0 aliphatic carbocycles. The molecule has 2 aromatic heterocycles. The van der Waals surface area contributed by atoms with E-state index in [1.807, 2.05) is 33.8 Å².